The van der Waals surface area contributed by atoms with E-state index in [-0.39, 0.29) is 28.3 Å². The predicted octanol–water partition coefficient (Wildman–Crippen LogP) is 6.73. The maximum Gasteiger partial charge on any atom is 0.256 e. The van der Waals surface area contributed by atoms with Gasteiger partial charge in [0, 0.05) is 13.0 Å². The Bertz CT molecular complexity index is 1740. The van der Waals surface area contributed by atoms with Crippen LogP contribution in [0.15, 0.2) is 77.6 Å². The SMILES string of the molecule is CC(C)(C)c1cc(-c2cccc([C@@H](O)C(=O)N3CCc4nc(C5(c6ccccc6)CC5)[nH]c(=O)c4C3)c2)cc(C(C)(C)C)c1. The molecule has 0 bridgehead atoms. The maximum absolute atomic E-state index is 13.6. The Morgan fingerprint density at radius 2 is 1.55 bits per heavy atom. The summed E-state index contributed by atoms with van der Waals surface area (Å²) in [5, 5.41) is 11.3. The van der Waals surface area contributed by atoms with Crippen LogP contribution in [0.3, 0.4) is 0 Å². The lowest BCUT2D eigenvalue weighted by molar-refractivity contribution is -0.141. The molecule has 2 aliphatic rings. The van der Waals surface area contributed by atoms with Crippen LogP contribution in [-0.4, -0.2) is 32.4 Å². The summed E-state index contributed by atoms with van der Waals surface area (Å²) >= 11 is 0. The number of carbonyl (C=O) groups is 1. The molecule has 0 radical (unpaired) electrons. The molecule has 44 heavy (non-hydrogen) atoms. The molecule has 1 saturated carbocycles. The van der Waals surface area contributed by atoms with E-state index in [4.69, 9.17) is 4.98 Å². The smallest absolute Gasteiger partial charge is 0.256 e. The lowest BCUT2D eigenvalue weighted by atomic mass is 9.79. The summed E-state index contributed by atoms with van der Waals surface area (Å²) in [6, 6.07) is 24.5. The Morgan fingerprint density at radius 1 is 0.886 bits per heavy atom. The summed E-state index contributed by atoms with van der Waals surface area (Å²) in [5.41, 5.74) is 6.98. The third-order valence-electron chi connectivity index (χ3n) is 9.34. The van der Waals surface area contributed by atoms with Gasteiger partial charge in [0.2, 0.25) is 0 Å². The largest absolute Gasteiger partial charge is 0.378 e. The van der Waals surface area contributed by atoms with Gasteiger partial charge in [-0.1, -0.05) is 108 Å². The minimum atomic E-state index is -1.33. The lowest BCUT2D eigenvalue weighted by Crippen LogP contribution is -2.42. The summed E-state index contributed by atoms with van der Waals surface area (Å²) in [5.74, 6) is 0.312. The molecule has 1 fully saturated rings. The Labute approximate surface area is 260 Å². The first kappa shape index (κ1) is 30.0. The fraction of sp³-hybridized carbons (Fsp3) is 0.395. The number of nitrogens with zero attached hydrogens (tertiary/aromatic N) is 2. The normalized spacial score (nSPS) is 16.8. The van der Waals surface area contributed by atoms with E-state index in [0.717, 1.165) is 29.7 Å². The average Bonchev–Trinajstić information content (AvgIpc) is 3.82. The molecular weight excluding hydrogens is 546 g/mol. The van der Waals surface area contributed by atoms with E-state index in [2.05, 4.69) is 76.9 Å². The van der Waals surface area contributed by atoms with E-state index in [9.17, 15) is 14.7 Å². The number of amides is 1. The first-order chi connectivity index (χ1) is 20.8. The molecule has 1 atom stereocenters. The van der Waals surface area contributed by atoms with Crippen molar-refractivity contribution in [2.24, 2.45) is 0 Å². The topological polar surface area (TPSA) is 86.3 Å². The van der Waals surface area contributed by atoms with Crippen LogP contribution in [0.4, 0.5) is 0 Å². The molecule has 2 N–H and O–H groups in total. The highest BCUT2D eigenvalue weighted by Crippen LogP contribution is 2.52. The standard InChI is InChI=1S/C38H43N3O3/c1-36(2,3)28-20-26(21-29(22-28)37(4,5)6)24-11-10-12-25(19-24)32(42)34(44)41-18-15-31-30(23-41)33(43)40-35(39-31)38(16-17-38)27-13-8-7-9-14-27/h7-14,19-22,32,42H,15-18,23H2,1-6H3,(H,39,40,43)/t32-/m1/s1. The minimum absolute atomic E-state index is 0.0259. The van der Waals surface area contributed by atoms with Crippen LogP contribution in [0.1, 0.15) is 99.8 Å². The van der Waals surface area contributed by atoms with Gasteiger partial charge in [-0.05, 0) is 63.1 Å². The molecule has 6 nitrogen and oxygen atoms in total. The number of hydrogen-bond donors (Lipinski definition) is 2. The summed E-state index contributed by atoms with van der Waals surface area (Å²) in [6.45, 7) is 13.8. The van der Waals surface area contributed by atoms with Gasteiger partial charge in [-0.25, -0.2) is 4.98 Å². The van der Waals surface area contributed by atoms with Crippen LogP contribution < -0.4 is 5.56 Å². The van der Waals surface area contributed by atoms with Crippen LogP contribution in [0.5, 0.6) is 0 Å². The second-order valence-electron chi connectivity index (χ2n) is 14.6. The van der Waals surface area contributed by atoms with Gasteiger partial charge >= 0.3 is 0 Å². The Morgan fingerprint density at radius 3 is 2.16 bits per heavy atom. The first-order valence-corrected chi connectivity index (χ1v) is 15.7. The van der Waals surface area contributed by atoms with Gasteiger partial charge in [0.1, 0.15) is 5.82 Å². The highest BCUT2D eigenvalue weighted by molar-refractivity contribution is 5.83. The van der Waals surface area contributed by atoms with E-state index < -0.39 is 12.0 Å². The molecule has 4 aromatic rings. The zero-order valence-electron chi connectivity index (χ0n) is 26.7. The summed E-state index contributed by atoms with van der Waals surface area (Å²) in [4.78, 5) is 36.4. The fourth-order valence-electron chi connectivity index (χ4n) is 6.25. The monoisotopic (exact) mass is 589 g/mol. The Balaban J connectivity index is 1.24. The van der Waals surface area contributed by atoms with Crippen molar-refractivity contribution in [3.8, 4) is 11.1 Å². The van der Waals surface area contributed by atoms with Gasteiger partial charge in [-0.3, -0.25) is 9.59 Å². The number of nitrogens with one attached hydrogen (secondary N) is 1. The number of aromatic amines is 1. The average molecular weight is 590 g/mol. The van der Waals surface area contributed by atoms with Gasteiger partial charge < -0.3 is 15.0 Å². The molecule has 0 saturated heterocycles. The summed E-state index contributed by atoms with van der Waals surface area (Å²) in [7, 11) is 0. The third kappa shape index (κ3) is 5.63. The first-order valence-electron chi connectivity index (χ1n) is 15.7. The van der Waals surface area contributed by atoms with Crippen molar-refractivity contribution in [1.82, 2.24) is 14.9 Å². The molecular formula is C38H43N3O3. The highest BCUT2D eigenvalue weighted by Gasteiger charge is 2.48. The van der Waals surface area contributed by atoms with Crippen LogP contribution in [0.2, 0.25) is 0 Å². The molecule has 1 aromatic heterocycles. The molecule has 6 heteroatoms. The minimum Gasteiger partial charge on any atom is -0.378 e. The van der Waals surface area contributed by atoms with Crippen LogP contribution >= 0.6 is 0 Å². The summed E-state index contributed by atoms with van der Waals surface area (Å²) in [6.07, 6.45) is 1.05. The zero-order chi connectivity index (χ0) is 31.4. The van der Waals surface area contributed by atoms with E-state index in [1.165, 1.54) is 16.7 Å². The number of fused-ring (bicyclic) bond motifs is 1. The van der Waals surface area contributed by atoms with Crippen molar-refractivity contribution < 1.29 is 9.90 Å². The van der Waals surface area contributed by atoms with Crippen molar-refractivity contribution in [1.29, 1.82) is 0 Å². The molecule has 2 heterocycles. The van der Waals surface area contributed by atoms with Crippen LogP contribution in [-0.2, 0) is 34.0 Å². The number of carbonyl (C=O) groups excluding carboxylic acids is 1. The van der Waals surface area contributed by atoms with E-state index in [1.54, 1.807) is 11.0 Å². The number of benzene rings is 3. The molecule has 0 unspecified atom stereocenters. The number of aliphatic hydroxyl groups excluding tert-OH is 1. The quantitative estimate of drug-likeness (QED) is 0.270. The maximum atomic E-state index is 13.6. The molecule has 3 aromatic carbocycles. The highest BCUT2D eigenvalue weighted by atomic mass is 16.3. The number of hydrogen-bond acceptors (Lipinski definition) is 4. The lowest BCUT2D eigenvalue weighted by Gasteiger charge is -2.30. The van der Waals surface area contributed by atoms with E-state index in [1.807, 2.05) is 36.4 Å². The molecule has 1 aliphatic heterocycles. The Kier molecular flexibility index (Phi) is 7.40. The number of rotatable bonds is 5. The molecule has 0 spiro atoms. The van der Waals surface area contributed by atoms with Crippen molar-refractivity contribution in [3.05, 3.63) is 122 Å². The van der Waals surface area contributed by atoms with Gasteiger partial charge in [0.05, 0.1) is 23.2 Å². The second kappa shape index (κ2) is 10.8. The van der Waals surface area contributed by atoms with Gasteiger partial charge in [-0.2, -0.15) is 0 Å². The Hall–Kier alpha value is -4.03. The van der Waals surface area contributed by atoms with Crippen molar-refractivity contribution in [3.63, 3.8) is 0 Å². The number of H-pyrrole nitrogens is 1. The second-order valence-corrected chi connectivity index (χ2v) is 14.6. The van der Waals surface area contributed by atoms with Crippen molar-refractivity contribution >= 4 is 5.91 Å². The van der Waals surface area contributed by atoms with Crippen molar-refractivity contribution in [2.45, 2.75) is 89.7 Å². The third-order valence-corrected chi connectivity index (χ3v) is 9.34. The van der Waals surface area contributed by atoms with Crippen LogP contribution in [0.25, 0.3) is 11.1 Å². The predicted molar refractivity (Wildman–Crippen MR) is 175 cm³/mol. The molecule has 228 valence electrons. The van der Waals surface area contributed by atoms with E-state index >= 15 is 0 Å². The van der Waals surface area contributed by atoms with Gasteiger partial charge in [0.15, 0.2) is 6.10 Å². The van der Waals surface area contributed by atoms with Gasteiger partial charge in [0.25, 0.3) is 11.5 Å². The van der Waals surface area contributed by atoms with E-state index in [0.29, 0.717) is 29.9 Å². The molecule has 6 rings (SSSR count). The number of aromatic nitrogens is 2. The number of aliphatic hydroxyl groups is 1. The zero-order valence-corrected chi connectivity index (χ0v) is 26.7. The molecule has 1 aliphatic carbocycles. The van der Waals surface area contributed by atoms with Crippen LogP contribution in [0, 0.1) is 0 Å². The summed E-state index contributed by atoms with van der Waals surface area (Å²) < 4.78 is 0. The van der Waals surface area contributed by atoms with Gasteiger partial charge in [-0.15, -0.1) is 0 Å². The molecule has 1 amide bonds. The van der Waals surface area contributed by atoms with Crippen molar-refractivity contribution in [2.75, 3.05) is 6.54 Å². The fourth-order valence-corrected chi connectivity index (χ4v) is 6.25.